The molecule has 2 heterocycles. The van der Waals surface area contributed by atoms with Crippen molar-refractivity contribution in [2.24, 2.45) is 5.92 Å². The van der Waals surface area contributed by atoms with Crippen molar-refractivity contribution in [3.8, 4) is 5.75 Å². The summed E-state index contributed by atoms with van der Waals surface area (Å²) in [5.74, 6) is 0.862. The number of ether oxygens (including phenoxy) is 2. The number of likely N-dealkylation sites (tertiary alicyclic amines) is 1. The minimum Gasteiger partial charge on any atom is -0.492 e. The molecule has 6 nitrogen and oxygen atoms in total. The Labute approximate surface area is 190 Å². The maximum Gasteiger partial charge on any atom is 0.343 e. The first kappa shape index (κ1) is 21.3. The van der Waals surface area contributed by atoms with Gasteiger partial charge in [-0.05, 0) is 59.7 Å². The van der Waals surface area contributed by atoms with Crippen LogP contribution in [-0.4, -0.2) is 55.4 Å². The van der Waals surface area contributed by atoms with Gasteiger partial charge in [0.25, 0.3) is 0 Å². The molecule has 2 atom stereocenters. The van der Waals surface area contributed by atoms with Crippen LogP contribution in [0.2, 0.25) is 0 Å². The van der Waals surface area contributed by atoms with Crippen molar-refractivity contribution >= 4 is 29.7 Å². The fraction of sp³-hybridized carbons (Fsp3) is 0.375. The van der Waals surface area contributed by atoms with E-state index in [1.165, 1.54) is 31.2 Å². The number of carbonyl (C=O) groups excluding carboxylic acids is 1. The Bertz CT molecular complexity index is 1070. The van der Waals surface area contributed by atoms with E-state index in [0.717, 1.165) is 22.4 Å². The van der Waals surface area contributed by atoms with Gasteiger partial charge in [0.15, 0.2) is 0 Å². The lowest BCUT2D eigenvalue weighted by atomic mass is 10.0. The van der Waals surface area contributed by atoms with Crippen molar-refractivity contribution in [2.75, 3.05) is 38.1 Å². The monoisotopic (exact) mass is 456 g/mol. The molecule has 5 rings (SSSR count). The number of nitrogens with one attached hydrogen (secondary N) is 1. The van der Waals surface area contributed by atoms with E-state index >= 15 is 0 Å². The summed E-state index contributed by atoms with van der Waals surface area (Å²) in [6.45, 7) is 2.64. The van der Waals surface area contributed by atoms with E-state index in [9.17, 15) is 14.3 Å². The minimum absolute atomic E-state index is 0.247. The molecule has 8 heteroatoms. The Kier molecular flexibility index (Phi) is 5.84. The molecule has 2 fully saturated rings. The van der Waals surface area contributed by atoms with Gasteiger partial charge >= 0.3 is 5.97 Å². The molecule has 1 saturated carbocycles. The summed E-state index contributed by atoms with van der Waals surface area (Å²) in [6.07, 6.45) is 4.69. The summed E-state index contributed by atoms with van der Waals surface area (Å²) in [6, 6.07) is 8.51. The molecule has 0 spiro atoms. The third-order valence-corrected chi connectivity index (χ3v) is 7.10. The predicted octanol–water partition coefficient (Wildman–Crippen LogP) is 3.92. The summed E-state index contributed by atoms with van der Waals surface area (Å²) in [5, 5.41) is 9.39. The number of aliphatic hydroxyl groups is 1. The molecule has 0 radical (unpaired) electrons. The highest BCUT2D eigenvalue weighted by molar-refractivity contribution is 8.00. The van der Waals surface area contributed by atoms with Crippen LogP contribution in [0, 0.1) is 11.7 Å². The molecule has 168 valence electrons. The van der Waals surface area contributed by atoms with E-state index in [1.807, 2.05) is 24.3 Å². The molecule has 32 heavy (non-hydrogen) atoms. The minimum atomic E-state index is -0.444. The molecule has 1 saturated heterocycles. The highest BCUT2D eigenvalue weighted by atomic mass is 32.2. The number of hydrogen-bond donors (Lipinski definition) is 2. The molecule has 0 bridgehead atoms. The molecule has 2 N–H and O–H groups in total. The molecule has 0 aromatic heterocycles. The molecular formula is C24H25FN2O4S. The lowest BCUT2D eigenvalue weighted by Gasteiger charge is -2.34. The standard InChI is InChI=1S/C24H25FN2O4S/c1-30-24(29)22-20(6-5-18-19-10-15(19)13-31-23(18)22)26-32-21-7-4-16(25)9-14(21)3-2-8-27-11-17(28)12-27/h2-7,9,15,17,19,26,28H,8,10-13H2,1H3/b3-2-. The van der Waals surface area contributed by atoms with Gasteiger partial charge in [0, 0.05) is 30.4 Å². The van der Waals surface area contributed by atoms with Gasteiger partial charge in [0.2, 0.25) is 0 Å². The van der Waals surface area contributed by atoms with Gasteiger partial charge < -0.3 is 19.3 Å². The lowest BCUT2D eigenvalue weighted by molar-refractivity contribution is 0.00991. The van der Waals surface area contributed by atoms with E-state index < -0.39 is 5.97 Å². The number of aliphatic hydroxyl groups excluding tert-OH is 1. The number of halogens is 1. The summed E-state index contributed by atoms with van der Waals surface area (Å²) in [4.78, 5) is 15.5. The van der Waals surface area contributed by atoms with E-state index in [4.69, 9.17) is 9.47 Å². The Morgan fingerprint density at radius 2 is 2.22 bits per heavy atom. The molecule has 2 aliphatic heterocycles. The van der Waals surface area contributed by atoms with Gasteiger partial charge in [0.05, 0.1) is 25.5 Å². The first-order valence-electron chi connectivity index (χ1n) is 10.7. The summed E-state index contributed by atoms with van der Waals surface area (Å²) >= 11 is 1.31. The zero-order valence-corrected chi connectivity index (χ0v) is 18.5. The van der Waals surface area contributed by atoms with Gasteiger partial charge in [0.1, 0.15) is 17.1 Å². The molecular weight excluding hydrogens is 431 g/mol. The SMILES string of the molecule is COC(=O)c1c(NSc2ccc(F)cc2/C=C\CN2CC(O)C2)ccc2c1OCC1CC21. The van der Waals surface area contributed by atoms with Gasteiger partial charge in [-0.1, -0.05) is 18.2 Å². The molecule has 0 amide bonds. The quantitative estimate of drug-likeness (QED) is 0.483. The number of rotatable bonds is 7. The highest BCUT2D eigenvalue weighted by Crippen LogP contribution is 2.55. The number of nitrogens with zero attached hydrogens (tertiary/aromatic N) is 1. The first-order chi connectivity index (χ1) is 15.5. The first-order valence-corrected chi connectivity index (χ1v) is 11.5. The average Bonchev–Trinajstić information content (AvgIpc) is 3.56. The number of β-amino-alcohol motifs (C(OH)–C–C–N with tert-alkyl or cyclic N) is 1. The number of carbonyl (C=O) groups is 1. The van der Waals surface area contributed by atoms with Crippen LogP contribution >= 0.6 is 11.9 Å². The summed E-state index contributed by atoms with van der Waals surface area (Å²) < 4.78 is 28.1. The van der Waals surface area contributed by atoms with Crippen molar-refractivity contribution in [3.63, 3.8) is 0 Å². The Hall–Kier alpha value is -2.55. The van der Waals surface area contributed by atoms with Crippen molar-refractivity contribution in [1.82, 2.24) is 4.90 Å². The van der Waals surface area contributed by atoms with Crippen LogP contribution < -0.4 is 9.46 Å². The third-order valence-electron chi connectivity index (χ3n) is 6.18. The lowest BCUT2D eigenvalue weighted by Crippen LogP contribution is -2.50. The molecule has 2 aromatic carbocycles. The van der Waals surface area contributed by atoms with Crippen molar-refractivity contribution < 1.29 is 23.8 Å². The molecule has 3 aliphatic rings. The van der Waals surface area contributed by atoms with Crippen molar-refractivity contribution in [2.45, 2.75) is 23.3 Å². The maximum atomic E-state index is 13.9. The van der Waals surface area contributed by atoms with Gasteiger partial charge in [-0.25, -0.2) is 9.18 Å². The molecule has 2 unspecified atom stereocenters. The number of esters is 1. The van der Waals surface area contributed by atoms with Crippen molar-refractivity contribution in [1.29, 1.82) is 0 Å². The number of anilines is 1. The smallest absolute Gasteiger partial charge is 0.343 e. The van der Waals surface area contributed by atoms with E-state index in [-0.39, 0.29) is 11.9 Å². The zero-order chi connectivity index (χ0) is 22.2. The van der Waals surface area contributed by atoms with Crippen LogP contribution in [-0.2, 0) is 4.74 Å². The van der Waals surface area contributed by atoms with Gasteiger partial charge in [-0.2, -0.15) is 0 Å². The van der Waals surface area contributed by atoms with Crippen LogP contribution in [0.1, 0.15) is 33.8 Å². The van der Waals surface area contributed by atoms with Crippen LogP contribution in [0.4, 0.5) is 10.1 Å². The number of benzene rings is 2. The maximum absolute atomic E-state index is 13.9. The second kappa shape index (κ2) is 8.77. The molecule has 1 aliphatic carbocycles. The van der Waals surface area contributed by atoms with Gasteiger partial charge in [-0.3, -0.25) is 4.90 Å². The van der Waals surface area contributed by atoms with Crippen LogP contribution in [0.3, 0.4) is 0 Å². The number of fused-ring (bicyclic) bond motifs is 3. The Morgan fingerprint density at radius 3 is 3.00 bits per heavy atom. The number of hydrogen-bond acceptors (Lipinski definition) is 7. The van der Waals surface area contributed by atoms with E-state index in [2.05, 4.69) is 9.62 Å². The average molecular weight is 457 g/mol. The second-order valence-corrected chi connectivity index (χ2v) is 9.32. The molecule has 2 aromatic rings. The largest absolute Gasteiger partial charge is 0.492 e. The highest BCUT2D eigenvalue weighted by Gasteiger charge is 2.45. The second-order valence-electron chi connectivity index (χ2n) is 8.47. The fourth-order valence-corrected chi connectivity index (χ4v) is 5.08. The third kappa shape index (κ3) is 4.22. The van der Waals surface area contributed by atoms with Crippen molar-refractivity contribution in [3.05, 3.63) is 58.9 Å². The zero-order valence-electron chi connectivity index (χ0n) is 17.7. The normalized spacial score (nSPS) is 22.0. The van der Waals surface area contributed by atoms with Gasteiger partial charge in [-0.15, -0.1) is 0 Å². The summed E-state index contributed by atoms with van der Waals surface area (Å²) in [5.41, 5.74) is 2.81. The Balaban J connectivity index is 1.35. The van der Waals surface area contributed by atoms with Crippen LogP contribution in [0.15, 0.2) is 41.3 Å². The Morgan fingerprint density at radius 1 is 1.38 bits per heavy atom. The van der Waals surface area contributed by atoms with E-state index in [0.29, 0.717) is 55.1 Å². The van der Waals surface area contributed by atoms with E-state index in [1.54, 1.807) is 6.07 Å². The fourth-order valence-electron chi connectivity index (χ4n) is 4.31. The van der Waals surface area contributed by atoms with Crippen LogP contribution in [0.5, 0.6) is 5.75 Å². The summed E-state index contributed by atoms with van der Waals surface area (Å²) in [7, 11) is 1.36. The predicted molar refractivity (Wildman–Crippen MR) is 121 cm³/mol. The number of methoxy groups -OCH3 is 1. The van der Waals surface area contributed by atoms with Crippen LogP contribution in [0.25, 0.3) is 6.08 Å². The topological polar surface area (TPSA) is 71.0 Å².